The Bertz CT molecular complexity index is 279. The van der Waals surface area contributed by atoms with Crippen molar-refractivity contribution in [3.05, 3.63) is 22.8 Å². The smallest absolute Gasteiger partial charge is 0.126 e. The molecular formula is C10H13BrN2. The Balaban J connectivity index is 1.96. The third kappa shape index (κ3) is 2.44. The van der Waals surface area contributed by atoms with E-state index in [-0.39, 0.29) is 0 Å². The first-order chi connectivity index (χ1) is 6.25. The molecule has 1 saturated carbocycles. The summed E-state index contributed by atoms with van der Waals surface area (Å²) >= 11 is 3.36. The van der Waals surface area contributed by atoms with Crippen molar-refractivity contribution in [1.82, 2.24) is 4.98 Å². The van der Waals surface area contributed by atoms with E-state index in [2.05, 4.69) is 33.2 Å². The van der Waals surface area contributed by atoms with E-state index in [1.165, 1.54) is 12.8 Å². The summed E-state index contributed by atoms with van der Waals surface area (Å²) in [5.41, 5.74) is 0. The van der Waals surface area contributed by atoms with Crippen LogP contribution < -0.4 is 5.32 Å². The summed E-state index contributed by atoms with van der Waals surface area (Å²) < 4.78 is 1.03. The average molecular weight is 241 g/mol. The van der Waals surface area contributed by atoms with E-state index in [0.717, 1.165) is 16.2 Å². The molecule has 1 unspecified atom stereocenters. The lowest BCUT2D eigenvalue weighted by Crippen LogP contribution is -2.17. The van der Waals surface area contributed by atoms with Crippen LogP contribution in [0.25, 0.3) is 0 Å². The molecule has 1 aliphatic rings. The Morgan fingerprint density at radius 3 is 2.85 bits per heavy atom. The monoisotopic (exact) mass is 240 g/mol. The minimum atomic E-state index is 0.564. The van der Waals surface area contributed by atoms with E-state index in [9.17, 15) is 0 Å². The number of hydrogen-bond donors (Lipinski definition) is 1. The van der Waals surface area contributed by atoms with E-state index in [0.29, 0.717) is 6.04 Å². The molecule has 1 fully saturated rings. The summed E-state index contributed by atoms with van der Waals surface area (Å²) in [6.07, 6.45) is 4.55. The maximum absolute atomic E-state index is 4.27. The molecule has 0 radical (unpaired) electrons. The van der Waals surface area contributed by atoms with Crippen molar-refractivity contribution >= 4 is 21.7 Å². The van der Waals surface area contributed by atoms with Crippen LogP contribution >= 0.6 is 15.9 Å². The van der Waals surface area contributed by atoms with Gasteiger partial charge in [-0.2, -0.15) is 0 Å². The maximum atomic E-state index is 4.27. The van der Waals surface area contributed by atoms with Crippen LogP contribution in [0.5, 0.6) is 0 Å². The van der Waals surface area contributed by atoms with E-state index in [1.807, 2.05) is 18.3 Å². The minimum absolute atomic E-state index is 0.564. The number of halogens is 1. The van der Waals surface area contributed by atoms with Crippen molar-refractivity contribution in [2.75, 3.05) is 5.32 Å². The van der Waals surface area contributed by atoms with Crippen molar-refractivity contribution in [2.24, 2.45) is 5.92 Å². The van der Waals surface area contributed by atoms with Crippen molar-refractivity contribution < 1.29 is 0 Å². The highest BCUT2D eigenvalue weighted by molar-refractivity contribution is 9.10. The Morgan fingerprint density at radius 1 is 1.54 bits per heavy atom. The number of anilines is 1. The van der Waals surface area contributed by atoms with Crippen LogP contribution in [0.3, 0.4) is 0 Å². The molecule has 1 atom stereocenters. The molecular weight excluding hydrogens is 228 g/mol. The molecule has 1 aromatic heterocycles. The molecule has 0 amide bonds. The number of hydrogen-bond acceptors (Lipinski definition) is 2. The van der Waals surface area contributed by atoms with Crippen LogP contribution in [-0.4, -0.2) is 11.0 Å². The number of rotatable bonds is 3. The predicted octanol–water partition coefficient (Wildman–Crippen LogP) is 3.05. The largest absolute Gasteiger partial charge is 0.367 e. The van der Waals surface area contributed by atoms with Gasteiger partial charge in [0, 0.05) is 16.7 Å². The van der Waals surface area contributed by atoms with E-state index < -0.39 is 0 Å². The van der Waals surface area contributed by atoms with Gasteiger partial charge >= 0.3 is 0 Å². The normalized spacial score (nSPS) is 18.3. The zero-order valence-corrected chi connectivity index (χ0v) is 9.21. The first-order valence-corrected chi connectivity index (χ1v) is 5.43. The molecule has 0 saturated heterocycles. The molecule has 1 N–H and O–H groups in total. The summed E-state index contributed by atoms with van der Waals surface area (Å²) in [4.78, 5) is 4.27. The van der Waals surface area contributed by atoms with Gasteiger partial charge in [-0.3, -0.25) is 0 Å². The van der Waals surface area contributed by atoms with Gasteiger partial charge in [0.2, 0.25) is 0 Å². The van der Waals surface area contributed by atoms with Crippen LogP contribution in [0, 0.1) is 5.92 Å². The maximum Gasteiger partial charge on any atom is 0.126 e. The van der Waals surface area contributed by atoms with E-state index >= 15 is 0 Å². The van der Waals surface area contributed by atoms with Crippen molar-refractivity contribution in [1.29, 1.82) is 0 Å². The fourth-order valence-electron chi connectivity index (χ4n) is 1.41. The second kappa shape index (κ2) is 3.66. The molecule has 0 aliphatic heterocycles. The lowest BCUT2D eigenvalue weighted by atomic mass is 10.2. The number of nitrogens with zero attached hydrogens (tertiary/aromatic N) is 1. The fourth-order valence-corrected chi connectivity index (χ4v) is 1.64. The number of nitrogens with one attached hydrogen (secondary N) is 1. The molecule has 2 rings (SSSR count). The predicted molar refractivity (Wildman–Crippen MR) is 57.7 cm³/mol. The van der Waals surface area contributed by atoms with Gasteiger partial charge in [-0.15, -0.1) is 0 Å². The SMILES string of the molecule is CC(Nc1ccc(Br)cn1)C1CC1. The van der Waals surface area contributed by atoms with Gasteiger partial charge in [0.05, 0.1) is 0 Å². The third-order valence-corrected chi connectivity index (χ3v) is 2.90. The zero-order valence-electron chi connectivity index (χ0n) is 7.63. The highest BCUT2D eigenvalue weighted by Crippen LogP contribution is 2.33. The first-order valence-electron chi connectivity index (χ1n) is 4.64. The van der Waals surface area contributed by atoms with E-state index in [1.54, 1.807) is 0 Å². The second-order valence-electron chi connectivity index (χ2n) is 3.63. The summed E-state index contributed by atoms with van der Waals surface area (Å²) in [6.45, 7) is 2.22. The Morgan fingerprint density at radius 2 is 2.31 bits per heavy atom. The number of aromatic nitrogens is 1. The van der Waals surface area contributed by atoms with E-state index in [4.69, 9.17) is 0 Å². The minimum Gasteiger partial charge on any atom is -0.367 e. The quantitative estimate of drug-likeness (QED) is 0.879. The zero-order chi connectivity index (χ0) is 9.26. The molecule has 0 bridgehead atoms. The molecule has 1 heterocycles. The molecule has 2 nitrogen and oxygen atoms in total. The van der Waals surface area contributed by atoms with Gasteiger partial charge in [-0.1, -0.05) is 0 Å². The van der Waals surface area contributed by atoms with Gasteiger partial charge in [0.25, 0.3) is 0 Å². The first kappa shape index (κ1) is 9.00. The van der Waals surface area contributed by atoms with Crippen molar-refractivity contribution in [3.63, 3.8) is 0 Å². The Hall–Kier alpha value is -0.570. The van der Waals surface area contributed by atoms with Gasteiger partial charge in [0.1, 0.15) is 5.82 Å². The molecule has 0 spiro atoms. The molecule has 1 aliphatic carbocycles. The topological polar surface area (TPSA) is 24.9 Å². The molecule has 3 heteroatoms. The summed E-state index contributed by atoms with van der Waals surface area (Å²) in [7, 11) is 0. The van der Waals surface area contributed by atoms with Crippen LogP contribution in [0.15, 0.2) is 22.8 Å². The second-order valence-corrected chi connectivity index (χ2v) is 4.55. The van der Waals surface area contributed by atoms with Gasteiger partial charge in [-0.25, -0.2) is 4.98 Å². The van der Waals surface area contributed by atoms with Gasteiger partial charge in [-0.05, 0) is 53.7 Å². The standard InChI is InChI=1S/C10H13BrN2/c1-7(8-2-3-8)13-10-5-4-9(11)6-12-10/h4-8H,2-3H2,1H3,(H,12,13). The Kier molecular flexibility index (Phi) is 2.54. The van der Waals surface area contributed by atoms with Crippen molar-refractivity contribution in [3.8, 4) is 0 Å². The summed E-state index contributed by atoms with van der Waals surface area (Å²) in [6, 6.07) is 4.58. The highest BCUT2D eigenvalue weighted by atomic mass is 79.9. The van der Waals surface area contributed by atoms with Gasteiger partial charge < -0.3 is 5.32 Å². The van der Waals surface area contributed by atoms with Gasteiger partial charge in [0.15, 0.2) is 0 Å². The Labute approximate surface area is 86.9 Å². The lowest BCUT2D eigenvalue weighted by Gasteiger charge is -2.12. The van der Waals surface area contributed by atoms with Crippen LogP contribution in [0.4, 0.5) is 5.82 Å². The molecule has 0 aromatic carbocycles. The molecule has 13 heavy (non-hydrogen) atoms. The van der Waals surface area contributed by atoms with Crippen LogP contribution in [0.1, 0.15) is 19.8 Å². The molecule has 1 aromatic rings. The number of pyridine rings is 1. The molecule has 70 valence electrons. The average Bonchev–Trinajstić information content (AvgIpc) is 2.91. The summed E-state index contributed by atoms with van der Waals surface area (Å²) in [5.74, 6) is 1.84. The van der Waals surface area contributed by atoms with Crippen molar-refractivity contribution in [2.45, 2.75) is 25.8 Å². The fraction of sp³-hybridized carbons (Fsp3) is 0.500. The highest BCUT2D eigenvalue weighted by Gasteiger charge is 2.27. The summed E-state index contributed by atoms with van der Waals surface area (Å²) in [5, 5.41) is 3.40. The lowest BCUT2D eigenvalue weighted by molar-refractivity contribution is 0.690. The third-order valence-electron chi connectivity index (χ3n) is 2.43. The van der Waals surface area contributed by atoms with Crippen LogP contribution in [0.2, 0.25) is 0 Å². The van der Waals surface area contributed by atoms with Crippen LogP contribution in [-0.2, 0) is 0 Å².